The zero-order valence-electron chi connectivity index (χ0n) is 7.42. The lowest BCUT2D eigenvalue weighted by molar-refractivity contribution is 0.151. The molecule has 1 rings (SSSR count). The van der Waals surface area contributed by atoms with Crippen LogP contribution in [0.15, 0.2) is 0 Å². The third kappa shape index (κ3) is 2.80. The van der Waals surface area contributed by atoms with Crippen molar-refractivity contribution in [2.24, 2.45) is 5.92 Å². The molecule has 66 valence electrons. The van der Waals surface area contributed by atoms with Gasteiger partial charge in [-0.25, -0.2) is 0 Å². The van der Waals surface area contributed by atoms with E-state index in [0.717, 1.165) is 19.0 Å². The van der Waals surface area contributed by atoms with E-state index in [4.69, 9.17) is 5.11 Å². The minimum atomic E-state index is 0.306. The van der Waals surface area contributed by atoms with Gasteiger partial charge in [0.2, 0.25) is 0 Å². The van der Waals surface area contributed by atoms with E-state index in [9.17, 15) is 0 Å². The Hall–Kier alpha value is -0.0800. The first kappa shape index (κ1) is 9.01. The van der Waals surface area contributed by atoms with Gasteiger partial charge >= 0.3 is 0 Å². The standard InChI is InChI=1S/C9H19NO/c1-2-10(6-7-11)8-9-4-3-5-9/h9,11H,2-8H2,1H3. The van der Waals surface area contributed by atoms with E-state index < -0.39 is 0 Å². The molecule has 2 nitrogen and oxygen atoms in total. The fraction of sp³-hybridized carbons (Fsp3) is 1.00. The molecule has 1 saturated carbocycles. The van der Waals surface area contributed by atoms with Crippen LogP contribution in [0.5, 0.6) is 0 Å². The van der Waals surface area contributed by atoms with Gasteiger partial charge in [0.05, 0.1) is 6.61 Å². The number of hydrogen-bond acceptors (Lipinski definition) is 2. The van der Waals surface area contributed by atoms with Crippen molar-refractivity contribution in [1.82, 2.24) is 4.90 Å². The highest BCUT2D eigenvalue weighted by Gasteiger charge is 2.19. The minimum absolute atomic E-state index is 0.306. The van der Waals surface area contributed by atoms with Gasteiger partial charge in [-0.3, -0.25) is 0 Å². The SMILES string of the molecule is CCN(CCO)CC1CCC1. The molecule has 2 heteroatoms. The Labute approximate surface area is 69.2 Å². The summed E-state index contributed by atoms with van der Waals surface area (Å²) in [4.78, 5) is 2.34. The first-order valence-corrected chi connectivity index (χ1v) is 4.70. The molecule has 1 aliphatic carbocycles. The molecule has 0 aromatic rings. The summed E-state index contributed by atoms with van der Waals surface area (Å²) in [5, 5.41) is 8.73. The molecular weight excluding hydrogens is 138 g/mol. The van der Waals surface area contributed by atoms with Crippen molar-refractivity contribution in [3.05, 3.63) is 0 Å². The van der Waals surface area contributed by atoms with Gasteiger partial charge in [0, 0.05) is 13.1 Å². The Kier molecular flexibility index (Phi) is 3.87. The second kappa shape index (κ2) is 4.73. The average molecular weight is 157 g/mol. The van der Waals surface area contributed by atoms with Crippen molar-refractivity contribution in [3.8, 4) is 0 Å². The van der Waals surface area contributed by atoms with Crippen molar-refractivity contribution >= 4 is 0 Å². The second-order valence-electron chi connectivity index (χ2n) is 3.41. The molecule has 1 fully saturated rings. The van der Waals surface area contributed by atoms with Gasteiger partial charge in [-0.2, -0.15) is 0 Å². The number of rotatable bonds is 5. The van der Waals surface area contributed by atoms with Crippen LogP contribution in [0, 0.1) is 5.92 Å². The van der Waals surface area contributed by atoms with Crippen LogP contribution in [0.2, 0.25) is 0 Å². The number of aliphatic hydroxyl groups is 1. The van der Waals surface area contributed by atoms with E-state index in [2.05, 4.69) is 11.8 Å². The fourth-order valence-electron chi connectivity index (χ4n) is 1.56. The summed E-state index contributed by atoms with van der Waals surface area (Å²) in [5.74, 6) is 0.932. The van der Waals surface area contributed by atoms with Gasteiger partial charge in [-0.15, -0.1) is 0 Å². The fourth-order valence-corrected chi connectivity index (χ4v) is 1.56. The predicted octanol–water partition coefficient (Wildman–Crippen LogP) is 1.10. The van der Waals surface area contributed by atoms with E-state index in [1.54, 1.807) is 0 Å². The first-order chi connectivity index (χ1) is 5.36. The van der Waals surface area contributed by atoms with E-state index in [-0.39, 0.29) is 0 Å². The highest BCUT2D eigenvalue weighted by atomic mass is 16.3. The van der Waals surface area contributed by atoms with Crippen LogP contribution < -0.4 is 0 Å². The Morgan fingerprint density at radius 3 is 2.55 bits per heavy atom. The third-order valence-corrected chi connectivity index (χ3v) is 2.60. The van der Waals surface area contributed by atoms with E-state index >= 15 is 0 Å². The van der Waals surface area contributed by atoms with Crippen LogP contribution in [0.3, 0.4) is 0 Å². The molecule has 11 heavy (non-hydrogen) atoms. The maximum atomic E-state index is 8.73. The Balaban J connectivity index is 2.08. The van der Waals surface area contributed by atoms with Gasteiger partial charge < -0.3 is 10.0 Å². The largest absolute Gasteiger partial charge is 0.395 e. The molecule has 0 aliphatic heterocycles. The van der Waals surface area contributed by atoms with E-state index in [0.29, 0.717) is 6.61 Å². The lowest BCUT2D eigenvalue weighted by Gasteiger charge is -2.31. The maximum Gasteiger partial charge on any atom is 0.0558 e. The van der Waals surface area contributed by atoms with Crippen molar-refractivity contribution in [2.45, 2.75) is 26.2 Å². The molecule has 0 heterocycles. The molecule has 0 atom stereocenters. The second-order valence-corrected chi connectivity index (χ2v) is 3.41. The summed E-state index contributed by atoms with van der Waals surface area (Å²) < 4.78 is 0. The van der Waals surface area contributed by atoms with Crippen LogP contribution >= 0.6 is 0 Å². The van der Waals surface area contributed by atoms with Gasteiger partial charge in [0.15, 0.2) is 0 Å². The Morgan fingerprint density at radius 1 is 1.45 bits per heavy atom. The molecule has 0 aromatic heterocycles. The topological polar surface area (TPSA) is 23.5 Å². The minimum Gasteiger partial charge on any atom is -0.395 e. The number of aliphatic hydroxyl groups excluding tert-OH is 1. The molecular formula is C9H19NO. The summed E-state index contributed by atoms with van der Waals surface area (Å²) in [6.45, 7) is 5.61. The lowest BCUT2D eigenvalue weighted by atomic mass is 9.85. The number of hydrogen-bond donors (Lipinski definition) is 1. The number of likely N-dealkylation sites (N-methyl/N-ethyl adjacent to an activating group) is 1. The molecule has 1 aliphatic rings. The molecule has 0 aromatic carbocycles. The van der Waals surface area contributed by atoms with Crippen LogP contribution in [-0.2, 0) is 0 Å². The summed E-state index contributed by atoms with van der Waals surface area (Å²) in [6.07, 6.45) is 4.23. The average Bonchev–Trinajstić information content (AvgIpc) is 1.94. The monoisotopic (exact) mass is 157 g/mol. The summed E-state index contributed by atoms with van der Waals surface area (Å²) in [5.41, 5.74) is 0. The van der Waals surface area contributed by atoms with Gasteiger partial charge in [-0.05, 0) is 25.3 Å². The summed E-state index contributed by atoms with van der Waals surface area (Å²) in [7, 11) is 0. The normalized spacial score (nSPS) is 18.8. The van der Waals surface area contributed by atoms with Gasteiger partial charge in [0.1, 0.15) is 0 Å². The quantitative estimate of drug-likeness (QED) is 0.646. The van der Waals surface area contributed by atoms with Crippen LogP contribution in [-0.4, -0.2) is 36.2 Å². The number of nitrogens with zero attached hydrogens (tertiary/aromatic N) is 1. The molecule has 0 spiro atoms. The zero-order valence-corrected chi connectivity index (χ0v) is 7.42. The molecule has 0 saturated heterocycles. The highest BCUT2D eigenvalue weighted by Crippen LogP contribution is 2.26. The van der Waals surface area contributed by atoms with Crippen molar-refractivity contribution in [1.29, 1.82) is 0 Å². The van der Waals surface area contributed by atoms with Crippen molar-refractivity contribution in [2.75, 3.05) is 26.2 Å². The van der Waals surface area contributed by atoms with Crippen molar-refractivity contribution in [3.63, 3.8) is 0 Å². The van der Waals surface area contributed by atoms with Crippen LogP contribution in [0.1, 0.15) is 26.2 Å². The van der Waals surface area contributed by atoms with Crippen LogP contribution in [0.4, 0.5) is 0 Å². The van der Waals surface area contributed by atoms with Crippen LogP contribution in [0.25, 0.3) is 0 Å². The molecule has 0 bridgehead atoms. The molecule has 0 unspecified atom stereocenters. The van der Waals surface area contributed by atoms with E-state index in [1.165, 1.54) is 25.8 Å². The van der Waals surface area contributed by atoms with Gasteiger partial charge in [-0.1, -0.05) is 13.3 Å². The highest BCUT2D eigenvalue weighted by molar-refractivity contribution is 4.73. The maximum absolute atomic E-state index is 8.73. The zero-order chi connectivity index (χ0) is 8.10. The first-order valence-electron chi connectivity index (χ1n) is 4.70. The summed E-state index contributed by atoms with van der Waals surface area (Å²) in [6, 6.07) is 0. The predicted molar refractivity (Wildman–Crippen MR) is 46.5 cm³/mol. The van der Waals surface area contributed by atoms with Gasteiger partial charge in [0.25, 0.3) is 0 Å². The van der Waals surface area contributed by atoms with E-state index in [1.807, 2.05) is 0 Å². The third-order valence-electron chi connectivity index (χ3n) is 2.60. The lowest BCUT2D eigenvalue weighted by Crippen LogP contribution is -2.34. The summed E-state index contributed by atoms with van der Waals surface area (Å²) >= 11 is 0. The van der Waals surface area contributed by atoms with Crippen molar-refractivity contribution < 1.29 is 5.11 Å². The molecule has 1 N–H and O–H groups in total. The molecule has 0 amide bonds. The Morgan fingerprint density at radius 2 is 2.18 bits per heavy atom. The molecule has 0 radical (unpaired) electrons. The smallest absolute Gasteiger partial charge is 0.0558 e. The Bertz CT molecular complexity index is 102.